The van der Waals surface area contributed by atoms with Gasteiger partial charge < -0.3 is 5.32 Å². The van der Waals surface area contributed by atoms with Crippen LogP contribution < -0.4 is 5.32 Å². The highest BCUT2D eigenvalue weighted by molar-refractivity contribution is 6.35. The van der Waals surface area contributed by atoms with E-state index in [1.54, 1.807) is 12.4 Å². The SMILES string of the molecule is CNC(C)(C)c1cnc(Cl)c2cnc(Cl)cc12. The topological polar surface area (TPSA) is 37.8 Å². The third-order valence-electron chi connectivity index (χ3n) is 2.99. The molecule has 5 heteroatoms. The van der Waals surface area contributed by atoms with E-state index >= 15 is 0 Å². The second-order valence-corrected chi connectivity index (χ2v) is 5.14. The van der Waals surface area contributed by atoms with Crippen molar-refractivity contribution in [3.63, 3.8) is 0 Å². The molecule has 2 heterocycles. The lowest BCUT2D eigenvalue weighted by atomic mass is 9.92. The molecule has 17 heavy (non-hydrogen) atoms. The van der Waals surface area contributed by atoms with Crippen molar-refractivity contribution in [3.05, 3.63) is 34.3 Å². The number of rotatable bonds is 2. The Morgan fingerprint density at radius 3 is 2.47 bits per heavy atom. The van der Waals surface area contributed by atoms with E-state index in [0.717, 1.165) is 16.3 Å². The van der Waals surface area contributed by atoms with Crippen molar-refractivity contribution in [1.82, 2.24) is 15.3 Å². The van der Waals surface area contributed by atoms with Crippen molar-refractivity contribution in [3.8, 4) is 0 Å². The first-order valence-electron chi connectivity index (χ1n) is 5.25. The molecule has 2 aromatic heterocycles. The summed E-state index contributed by atoms with van der Waals surface area (Å²) in [6.07, 6.45) is 3.43. The summed E-state index contributed by atoms with van der Waals surface area (Å²) in [7, 11) is 1.91. The molecule has 0 fully saturated rings. The highest BCUT2D eigenvalue weighted by atomic mass is 35.5. The standard InChI is InChI=1S/C12H13Cl2N3/c1-12(2,15-3)9-6-17-11(14)8-5-16-10(13)4-7(8)9/h4-6,15H,1-3H3. The fraction of sp³-hybridized carbons (Fsp3) is 0.333. The van der Waals surface area contributed by atoms with Gasteiger partial charge in [0.15, 0.2) is 0 Å². The summed E-state index contributed by atoms with van der Waals surface area (Å²) < 4.78 is 0. The average molecular weight is 270 g/mol. The van der Waals surface area contributed by atoms with Gasteiger partial charge in [-0.2, -0.15) is 0 Å². The maximum Gasteiger partial charge on any atom is 0.138 e. The minimum atomic E-state index is -0.208. The van der Waals surface area contributed by atoms with E-state index in [0.29, 0.717) is 10.3 Å². The van der Waals surface area contributed by atoms with E-state index in [9.17, 15) is 0 Å². The normalized spacial score (nSPS) is 12.1. The molecule has 0 bridgehead atoms. The van der Waals surface area contributed by atoms with E-state index in [-0.39, 0.29) is 5.54 Å². The summed E-state index contributed by atoms with van der Waals surface area (Å²) in [4.78, 5) is 8.23. The van der Waals surface area contributed by atoms with E-state index in [1.807, 2.05) is 13.1 Å². The lowest BCUT2D eigenvalue weighted by Gasteiger charge is -2.26. The predicted octanol–water partition coefficient (Wildman–Crippen LogP) is 3.39. The lowest BCUT2D eigenvalue weighted by Crippen LogP contribution is -2.33. The fourth-order valence-electron chi connectivity index (χ4n) is 1.71. The van der Waals surface area contributed by atoms with Gasteiger partial charge in [-0.05, 0) is 37.9 Å². The zero-order valence-corrected chi connectivity index (χ0v) is 11.4. The summed E-state index contributed by atoms with van der Waals surface area (Å²) >= 11 is 12.0. The molecule has 3 nitrogen and oxygen atoms in total. The Morgan fingerprint density at radius 1 is 1.12 bits per heavy atom. The van der Waals surface area contributed by atoms with Gasteiger partial charge in [-0.25, -0.2) is 9.97 Å². The first-order valence-corrected chi connectivity index (χ1v) is 6.00. The molecule has 0 aromatic carbocycles. The van der Waals surface area contributed by atoms with Crippen LogP contribution in [0, 0.1) is 0 Å². The summed E-state index contributed by atoms with van der Waals surface area (Å²) in [5.41, 5.74) is 0.837. The molecule has 0 atom stereocenters. The number of nitrogens with zero attached hydrogens (tertiary/aromatic N) is 2. The van der Waals surface area contributed by atoms with Crippen LogP contribution in [0.1, 0.15) is 19.4 Å². The van der Waals surface area contributed by atoms with Crippen molar-refractivity contribution in [2.75, 3.05) is 7.05 Å². The van der Waals surface area contributed by atoms with Gasteiger partial charge in [0.2, 0.25) is 0 Å². The van der Waals surface area contributed by atoms with Gasteiger partial charge in [-0.15, -0.1) is 0 Å². The van der Waals surface area contributed by atoms with Crippen molar-refractivity contribution in [1.29, 1.82) is 0 Å². The van der Waals surface area contributed by atoms with Crippen molar-refractivity contribution in [2.24, 2.45) is 0 Å². The highest BCUT2D eigenvalue weighted by Crippen LogP contribution is 2.31. The molecule has 90 valence electrons. The quantitative estimate of drug-likeness (QED) is 0.850. The molecule has 0 spiro atoms. The van der Waals surface area contributed by atoms with Crippen LogP contribution in [0.25, 0.3) is 10.8 Å². The van der Waals surface area contributed by atoms with Crippen molar-refractivity contribution >= 4 is 34.0 Å². The number of aromatic nitrogens is 2. The molecule has 1 N–H and O–H groups in total. The molecule has 0 saturated heterocycles. The Hall–Kier alpha value is -0.900. The average Bonchev–Trinajstić information content (AvgIpc) is 2.29. The van der Waals surface area contributed by atoms with Gasteiger partial charge >= 0.3 is 0 Å². The molecule has 0 radical (unpaired) electrons. The Morgan fingerprint density at radius 2 is 1.82 bits per heavy atom. The number of pyridine rings is 2. The molecule has 2 aromatic rings. The molecule has 2 rings (SSSR count). The first-order chi connectivity index (χ1) is 7.95. The van der Waals surface area contributed by atoms with Crippen LogP contribution >= 0.6 is 23.2 Å². The second-order valence-electron chi connectivity index (χ2n) is 4.39. The van der Waals surface area contributed by atoms with Crippen molar-refractivity contribution < 1.29 is 0 Å². The summed E-state index contributed by atoms with van der Waals surface area (Å²) in [5.74, 6) is 0. The number of fused-ring (bicyclic) bond motifs is 1. The Bertz CT molecular complexity index is 567. The third kappa shape index (κ3) is 2.23. The highest BCUT2D eigenvalue weighted by Gasteiger charge is 2.22. The largest absolute Gasteiger partial charge is 0.311 e. The van der Waals surface area contributed by atoms with Gasteiger partial charge in [0.25, 0.3) is 0 Å². The smallest absolute Gasteiger partial charge is 0.138 e. The third-order valence-corrected chi connectivity index (χ3v) is 3.50. The monoisotopic (exact) mass is 269 g/mol. The van der Waals surface area contributed by atoms with Crippen LogP contribution in [-0.4, -0.2) is 17.0 Å². The molecule has 0 aliphatic heterocycles. The number of hydrogen-bond donors (Lipinski definition) is 1. The number of halogens is 2. The molecule has 0 saturated carbocycles. The van der Waals surface area contributed by atoms with Crippen molar-refractivity contribution in [2.45, 2.75) is 19.4 Å². The van der Waals surface area contributed by atoms with E-state index in [4.69, 9.17) is 23.2 Å². The maximum absolute atomic E-state index is 6.06. The van der Waals surface area contributed by atoms with Crippen LogP contribution in [0.3, 0.4) is 0 Å². The zero-order chi connectivity index (χ0) is 12.6. The van der Waals surface area contributed by atoms with Crippen LogP contribution in [0.4, 0.5) is 0 Å². The van der Waals surface area contributed by atoms with Crippen LogP contribution in [0.2, 0.25) is 10.3 Å². The van der Waals surface area contributed by atoms with Gasteiger partial charge in [0.1, 0.15) is 10.3 Å². The van der Waals surface area contributed by atoms with Gasteiger partial charge in [-0.1, -0.05) is 23.2 Å². The van der Waals surface area contributed by atoms with Crippen LogP contribution in [0.15, 0.2) is 18.5 Å². The Labute approximate surface area is 110 Å². The fourth-order valence-corrected chi connectivity index (χ4v) is 2.07. The summed E-state index contributed by atoms with van der Waals surface area (Å²) in [6.45, 7) is 4.15. The predicted molar refractivity (Wildman–Crippen MR) is 71.6 cm³/mol. The minimum absolute atomic E-state index is 0.208. The van der Waals surface area contributed by atoms with Crippen LogP contribution in [-0.2, 0) is 5.54 Å². The first kappa shape index (κ1) is 12.6. The lowest BCUT2D eigenvalue weighted by molar-refractivity contribution is 0.447. The molecular weight excluding hydrogens is 257 g/mol. The molecule has 0 aliphatic carbocycles. The molecule has 0 aliphatic rings. The van der Waals surface area contributed by atoms with Gasteiger partial charge in [0.05, 0.1) is 0 Å². The number of nitrogens with one attached hydrogen (secondary N) is 1. The van der Waals surface area contributed by atoms with Gasteiger partial charge in [0, 0.05) is 23.3 Å². The minimum Gasteiger partial charge on any atom is -0.311 e. The maximum atomic E-state index is 6.06. The molecule has 0 unspecified atom stereocenters. The van der Waals surface area contributed by atoms with Crippen LogP contribution in [0.5, 0.6) is 0 Å². The summed E-state index contributed by atoms with van der Waals surface area (Å²) in [5, 5.41) is 5.93. The molecular formula is C12H13Cl2N3. The summed E-state index contributed by atoms with van der Waals surface area (Å²) in [6, 6.07) is 1.82. The second kappa shape index (κ2) is 4.41. The van der Waals surface area contributed by atoms with Gasteiger partial charge in [-0.3, -0.25) is 0 Å². The Kier molecular flexibility index (Phi) is 3.25. The zero-order valence-electron chi connectivity index (χ0n) is 9.88. The van der Waals surface area contributed by atoms with E-state index < -0.39 is 0 Å². The van der Waals surface area contributed by atoms with E-state index in [1.165, 1.54) is 0 Å². The Balaban J connectivity index is 2.81. The molecule has 0 amide bonds. The van der Waals surface area contributed by atoms with E-state index in [2.05, 4.69) is 29.1 Å². The number of hydrogen-bond acceptors (Lipinski definition) is 3.